The smallest absolute Gasteiger partial charge is 0.266 e. The summed E-state index contributed by atoms with van der Waals surface area (Å²) in [7, 11) is 0. The minimum atomic E-state index is -0.757. The predicted octanol–water partition coefficient (Wildman–Crippen LogP) is 3.39. The summed E-state index contributed by atoms with van der Waals surface area (Å²) in [5.74, 6) is 0.291. The van der Waals surface area contributed by atoms with E-state index in [-0.39, 0.29) is 5.91 Å². The summed E-state index contributed by atoms with van der Waals surface area (Å²) in [5, 5.41) is 6.95. The molecule has 0 aliphatic rings. The quantitative estimate of drug-likeness (QED) is 0.940. The van der Waals surface area contributed by atoms with Gasteiger partial charge in [-0.2, -0.15) is 0 Å². The highest BCUT2D eigenvalue weighted by Gasteiger charge is 2.17. The number of hydrogen-bond donors (Lipinski definition) is 1. The van der Waals surface area contributed by atoms with Crippen LogP contribution in [0.1, 0.15) is 6.92 Å². The third-order valence-electron chi connectivity index (χ3n) is 2.26. The molecule has 1 N–H and O–H groups in total. The Morgan fingerprint density at radius 3 is 2.89 bits per heavy atom. The third kappa shape index (κ3) is 3.62. The maximum Gasteiger partial charge on any atom is 0.266 e. The van der Waals surface area contributed by atoms with Crippen LogP contribution >= 0.6 is 23.2 Å². The highest BCUT2D eigenvalue weighted by Crippen LogP contribution is 2.28. The Morgan fingerprint density at radius 2 is 2.21 bits per heavy atom. The number of benzene rings is 1. The summed E-state index contributed by atoms with van der Waals surface area (Å²) in [5.41, 5.74) is 0. The molecule has 5 nitrogen and oxygen atoms in total. The van der Waals surface area contributed by atoms with Gasteiger partial charge in [0.15, 0.2) is 11.9 Å². The van der Waals surface area contributed by atoms with Crippen molar-refractivity contribution in [2.75, 3.05) is 5.32 Å². The highest BCUT2D eigenvalue weighted by atomic mass is 35.5. The first-order valence-corrected chi connectivity index (χ1v) is 6.15. The van der Waals surface area contributed by atoms with Crippen LogP contribution in [0.5, 0.6) is 5.75 Å². The molecule has 0 aliphatic carbocycles. The molecule has 19 heavy (non-hydrogen) atoms. The molecule has 0 aliphatic heterocycles. The molecule has 7 heteroatoms. The molecule has 0 saturated carbocycles. The van der Waals surface area contributed by atoms with Crippen LogP contribution in [0.2, 0.25) is 10.0 Å². The fourth-order valence-electron chi connectivity index (χ4n) is 1.32. The van der Waals surface area contributed by atoms with Crippen molar-refractivity contribution in [3.8, 4) is 5.75 Å². The number of hydrogen-bond acceptors (Lipinski definition) is 4. The molecule has 1 amide bonds. The molecule has 0 saturated heterocycles. The molecule has 0 bridgehead atoms. The Bertz CT molecular complexity index is 572. The minimum absolute atomic E-state index is 0.317. The van der Waals surface area contributed by atoms with Crippen molar-refractivity contribution in [3.05, 3.63) is 40.6 Å². The van der Waals surface area contributed by atoms with E-state index in [4.69, 9.17) is 27.9 Å². The van der Waals surface area contributed by atoms with Crippen LogP contribution in [0.25, 0.3) is 0 Å². The van der Waals surface area contributed by atoms with E-state index in [9.17, 15) is 4.79 Å². The number of carbonyl (C=O) groups is 1. The summed E-state index contributed by atoms with van der Waals surface area (Å²) in [4.78, 5) is 11.8. The summed E-state index contributed by atoms with van der Waals surface area (Å²) in [6.45, 7) is 1.59. The maximum absolute atomic E-state index is 11.8. The number of aromatic nitrogens is 1. The first-order valence-electron chi connectivity index (χ1n) is 5.39. The summed E-state index contributed by atoms with van der Waals surface area (Å²) in [6, 6.07) is 6.30. The largest absolute Gasteiger partial charge is 0.479 e. The minimum Gasteiger partial charge on any atom is -0.479 e. The van der Waals surface area contributed by atoms with Crippen LogP contribution in [0, 0.1) is 0 Å². The Hall–Kier alpha value is -1.72. The van der Waals surface area contributed by atoms with Crippen LogP contribution in [0.4, 0.5) is 5.82 Å². The monoisotopic (exact) mass is 300 g/mol. The number of halogens is 2. The number of nitrogens with zero attached hydrogens (tertiary/aromatic N) is 1. The first-order chi connectivity index (χ1) is 9.06. The molecule has 0 fully saturated rings. The van der Waals surface area contributed by atoms with Crippen molar-refractivity contribution >= 4 is 34.9 Å². The lowest BCUT2D eigenvalue weighted by atomic mass is 10.3. The number of nitrogens with one attached hydrogen (secondary N) is 1. The zero-order valence-electron chi connectivity index (χ0n) is 9.89. The number of ether oxygens (including phenoxy) is 1. The Balaban J connectivity index is 2.02. The van der Waals surface area contributed by atoms with E-state index in [1.165, 1.54) is 12.3 Å². The van der Waals surface area contributed by atoms with Crippen molar-refractivity contribution in [3.63, 3.8) is 0 Å². The lowest BCUT2D eigenvalue weighted by Gasteiger charge is -2.14. The zero-order chi connectivity index (χ0) is 13.8. The SMILES string of the molecule is C[C@@H](Oc1cc(Cl)ccc1Cl)C(=O)Nc1ccon1. The van der Waals surface area contributed by atoms with Gasteiger partial charge in [0, 0.05) is 17.2 Å². The van der Waals surface area contributed by atoms with Crippen molar-refractivity contribution in [2.24, 2.45) is 0 Å². The average molecular weight is 301 g/mol. The van der Waals surface area contributed by atoms with E-state index in [0.29, 0.717) is 21.6 Å². The molecule has 2 rings (SSSR count). The van der Waals surface area contributed by atoms with E-state index in [2.05, 4.69) is 15.0 Å². The predicted molar refractivity (Wildman–Crippen MR) is 71.7 cm³/mol. The fraction of sp³-hybridized carbons (Fsp3) is 0.167. The van der Waals surface area contributed by atoms with Crippen LogP contribution in [0.3, 0.4) is 0 Å². The van der Waals surface area contributed by atoms with Gasteiger partial charge >= 0.3 is 0 Å². The number of amides is 1. The van der Waals surface area contributed by atoms with Gasteiger partial charge in [-0.15, -0.1) is 0 Å². The second-order valence-electron chi connectivity index (χ2n) is 3.71. The van der Waals surface area contributed by atoms with Gasteiger partial charge in [0.1, 0.15) is 12.0 Å². The van der Waals surface area contributed by atoms with Gasteiger partial charge in [-0.25, -0.2) is 0 Å². The molecule has 1 aromatic heterocycles. The summed E-state index contributed by atoms with van der Waals surface area (Å²) >= 11 is 11.8. The van der Waals surface area contributed by atoms with E-state index in [1.54, 1.807) is 25.1 Å². The van der Waals surface area contributed by atoms with E-state index < -0.39 is 6.10 Å². The topological polar surface area (TPSA) is 64.4 Å². The molecule has 0 radical (unpaired) electrons. The summed E-state index contributed by atoms with van der Waals surface area (Å²) in [6.07, 6.45) is 0.599. The Kier molecular flexibility index (Phi) is 4.29. The first kappa shape index (κ1) is 13.7. The molecule has 2 aromatic rings. The average Bonchev–Trinajstić information content (AvgIpc) is 2.86. The lowest BCUT2D eigenvalue weighted by Crippen LogP contribution is -2.30. The van der Waals surface area contributed by atoms with Crippen molar-refractivity contribution < 1.29 is 14.1 Å². The fourth-order valence-corrected chi connectivity index (χ4v) is 1.64. The summed E-state index contributed by atoms with van der Waals surface area (Å²) < 4.78 is 10.1. The third-order valence-corrected chi connectivity index (χ3v) is 2.80. The molecule has 100 valence electrons. The zero-order valence-corrected chi connectivity index (χ0v) is 11.4. The van der Waals surface area contributed by atoms with Gasteiger partial charge in [-0.3, -0.25) is 4.79 Å². The number of carbonyl (C=O) groups excluding carboxylic acids is 1. The van der Waals surface area contributed by atoms with Gasteiger partial charge < -0.3 is 14.6 Å². The molecule has 1 heterocycles. The molecule has 0 spiro atoms. The molecule has 0 unspecified atom stereocenters. The normalized spacial score (nSPS) is 11.9. The van der Waals surface area contributed by atoms with E-state index >= 15 is 0 Å². The molecule has 1 aromatic carbocycles. The van der Waals surface area contributed by atoms with Crippen LogP contribution < -0.4 is 10.1 Å². The molecular weight excluding hydrogens is 291 g/mol. The van der Waals surface area contributed by atoms with Crippen molar-refractivity contribution in [2.45, 2.75) is 13.0 Å². The van der Waals surface area contributed by atoms with E-state index in [1.807, 2.05) is 0 Å². The van der Waals surface area contributed by atoms with Crippen LogP contribution in [0.15, 0.2) is 35.1 Å². The van der Waals surface area contributed by atoms with Gasteiger partial charge in [-0.05, 0) is 19.1 Å². The maximum atomic E-state index is 11.8. The standard InChI is InChI=1S/C12H10Cl2N2O3/c1-7(12(17)15-11-4-5-18-16-11)19-10-6-8(13)2-3-9(10)14/h2-7H,1H3,(H,15,16,17)/t7-/m1/s1. The Labute approximate surface area is 119 Å². The Morgan fingerprint density at radius 1 is 1.42 bits per heavy atom. The van der Waals surface area contributed by atoms with E-state index in [0.717, 1.165) is 0 Å². The van der Waals surface area contributed by atoms with Crippen LogP contribution in [-0.4, -0.2) is 17.2 Å². The van der Waals surface area contributed by atoms with Gasteiger partial charge in [0.2, 0.25) is 0 Å². The van der Waals surface area contributed by atoms with Crippen molar-refractivity contribution in [1.29, 1.82) is 0 Å². The van der Waals surface area contributed by atoms with Crippen molar-refractivity contribution in [1.82, 2.24) is 5.16 Å². The molecular formula is C12H10Cl2N2O3. The second-order valence-corrected chi connectivity index (χ2v) is 4.55. The second kappa shape index (κ2) is 5.95. The lowest BCUT2D eigenvalue weighted by molar-refractivity contribution is -0.122. The number of anilines is 1. The highest BCUT2D eigenvalue weighted by molar-refractivity contribution is 6.34. The van der Waals surface area contributed by atoms with Gasteiger partial charge in [0.05, 0.1) is 5.02 Å². The van der Waals surface area contributed by atoms with Crippen LogP contribution in [-0.2, 0) is 4.79 Å². The molecule has 1 atom stereocenters. The van der Waals surface area contributed by atoms with Gasteiger partial charge in [-0.1, -0.05) is 28.4 Å². The van der Waals surface area contributed by atoms with Gasteiger partial charge in [0.25, 0.3) is 5.91 Å². The number of rotatable bonds is 4.